The first-order valence-corrected chi connectivity index (χ1v) is 3.26. The highest BCUT2D eigenvalue weighted by atomic mass is 32.1. The predicted octanol–water partition coefficient (Wildman–Crippen LogP) is -0.470. The van der Waals surface area contributed by atoms with Gasteiger partial charge in [0.15, 0.2) is 0 Å². The summed E-state index contributed by atoms with van der Waals surface area (Å²) in [5, 5.41) is 9.58. The number of aliphatic hydroxyl groups excluding tert-OH is 1. The first-order valence-electron chi connectivity index (χ1n) is 2.49. The van der Waals surface area contributed by atoms with Gasteiger partial charge in [-0.05, 0) is 11.5 Å². The van der Waals surface area contributed by atoms with Crippen LogP contribution < -0.4 is 5.73 Å². The Bertz CT molecular complexity index is 164. The van der Waals surface area contributed by atoms with Crippen LogP contribution in [-0.4, -0.2) is 21.0 Å². The van der Waals surface area contributed by atoms with E-state index in [4.69, 9.17) is 10.8 Å². The second-order valence-corrected chi connectivity index (χ2v) is 2.34. The van der Waals surface area contributed by atoms with Crippen molar-refractivity contribution in [3.8, 4) is 0 Å². The number of nitrogens with two attached hydrogens (primary N) is 1. The Morgan fingerprint density at radius 1 is 1.89 bits per heavy atom. The van der Waals surface area contributed by atoms with Crippen LogP contribution in [0, 0.1) is 0 Å². The number of rotatable bonds is 2. The maximum absolute atomic E-state index is 9.00. The standard InChI is InChI=1S/C4H7N3OS/c5-1-3(8)4-6-2-7-9-4/h2-3,8H,1,5H2. The summed E-state index contributed by atoms with van der Waals surface area (Å²) < 4.78 is 3.71. The van der Waals surface area contributed by atoms with Gasteiger partial charge in [0.05, 0.1) is 0 Å². The molecule has 0 fully saturated rings. The summed E-state index contributed by atoms with van der Waals surface area (Å²) in [6, 6.07) is 0. The van der Waals surface area contributed by atoms with E-state index in [0.29, 0.717) is 5.01 Å². The maximum Gasteiger partial charge on any atom is 0.143 e. The highest BCUT2D eigenvalue weighted by Gasteiger charge is 2.06. The fraction of sp³-hybridized carbons (Fsp3) is 0.500. The molecule has 0 aliphatic carbocycles. The summed E-state index contributed by atoms with van der Waals surface area (Å²) in [6.45, 7) is 0.204. The van der Waals surface area contributed by atoms with Crippen LogP contribution in [0.25, 0.3) is 0 Å². The molecular weight excluding hydrogens is 138 g/mol. The third-order valence-electron chi connectivity index (χ3n) is 0.887. The SMILES string of the molecule is NCC(O)c1ncns1. The van der Waals surface area contributed by atoms with E-state index in [1.165, 1.54) is 6.33 Å². The van der Waals surface area contributed by atoms with Crippen molar-refractivity contribution in [1.82, 2.24) is 9.36 Å². The molecule has 0 amide bonds. The quantitative estimate of drug-likeness (QED) is 0.590. The average molecular weight is 145 g/mol. The molecule has 1 unspecified atom stereocenters. The van der Waals surface area contributed by atoms with E-state index in [-0.39, 0.29) is 6.54 Å². The third-order valence-corrected chi connectivity index (χ3v) is 1.65. The first-order chi connectivity index (χ1) is 4.34. The normalized spacial score (nSPS) is 13.6. The summed E-state index contributed by atoms with van der Waals surface area (Å²) in [5.74, 6) is 0. The molecule has 50 valence electrons. The van der Waals surface area contributed by atoms with Crippen LogP contribution in [0.4, 0.5) is 0 Å². The molecular formula is C4H7N3OS. The Balaban J connectivity index is 2.65. The lowest BCUT2D eigenvalue weighted by molar-refractivity contribution is 0.186. The third kappa shape index (κ3) is 1.44. The predicted molar refractivity (Wildman–Crippen MR) is 33.9 cm³/mol. The van der Waals surface area contributed by atoms with Crippen molar-refractivity contribution in [2.75, 3.05) is 6.54 Å². The Labute approximate surface area is 56.5 Å². The molecule has 0 spiro atoms. The van der Waals surface area contributed by atoms with Crippen LogP contribution in [0.3, 0.4) is 0 Å². The molecule has 0 bridgehead atoms. The van der Waals surface area contributed by atoms with Gasteiger partial charge in [-0.3, -0.25) is 0 Å². The van der Waals surface area contributed by atoms with Crippen LogP contribution >= 0.6 is 11.5 Å². The van der Waals surface area contributed by atoms with Crippen molar-refractivity contribution in [3.05, 3.63) is 11.3 Å². The van der Waals surface area contributed by atoms with Gasteiger partial charge in [-0.2, -0.15) is 4.37 Å². The van der Waals surface area contributed by atoms with Crippen molar-refractivity contribution in [2.45, 2.75) is 6.10 Å². The minimum Gasteiger partial charge on any atom is -0.385 e. The second kappa shape index (κ2) is 2.86. The lowest BCUT2D eigenvalue weighted by Crippen LogP contribution is -2.10. The zero-order valence-electron chi connectivity index (χ0n) is 4.69. The molecule has 4 nitrogen and oxygen atoms in total. The monoisotopic (exact) mass is 145 g/mol. The number of aliphatic hydroxyl groups is 1. The summed E-state index contributed by atoms with van der Waals surface area (Å²) in [6.07, 6.45) is 0.760. The fourth-order valence-corrected chi connectivity index (χ4v) is 0.944. The smallest absolute Gasteiger partial charge is 0.143 e. The molecule has 0 aromatic carbocycles. The zero-order chi connectivity index (χ0) is 6.69. The van der Waals surface area contributed by atoms with Crippen molar-refractivity contribution < 1.29 is 5.11 Å². The fourth-order valence-electron chi connectivity index (χ4n) is 0.429. The van der Waals surface area contributed by atoms with E-state index in [1.807, 2.05) is 0 Å². The van der Waals surface area contributed by atoms with Gasteiger partial charge in [0, 0.05) is 6.54 Å². The van der Waals surface area contributed by atoms with E-state index >= 15 is 0 Å². The van der Waals surface area contributed by atoms with Gasteiger partial charge in [-0.25, -0.2) is 4.98 Å². The molecule has 0 saturated heterocycles. The van der Waals surface area contributed by atoms with Crippen molar-refractivity contribution in [1.29, 1.82) is 0 Å². The van der Waals surface area contributed by atoms with Crippen LogP contribution in [0.15, 0.2) is 6.33 Å². The highest BCUT2D eigenvalue weighted by Crippen LogP contribution is 2.10. The Hall–Kier alpha value is -0.520. The summed E-state index contributed by atoms with van der Waals surface area (Å²) in [4.78, 5) is 3.76. The van der Waals surface area contributed by atoms with Gasteiger partial charge in [0.2, 0.25) is 0 Å². The molecule has 5 heteroatoms. The Kier molecular flexibility index (Phi) is 2.10. The Morgan fingerprint density at radius 2 is 2.67 bits per heavy atom. The molecule has 1 heterocycles. The van der Waals surface area contributed by atoms with Gasteiger partial charge in [0.1, 0.15) is 17.4 Å². The molecule has 1 aromatic heterocycles. The van der Waals surface area contributed by atoms with Crippen LogP contribution in [0.2, 0.25) is 0 Å². The van der Waals surface area contributed by atoms with E-state index < -0.39 is 6.10 Å². The zero-order valence-corrected chi connectivity index (χ0v) is 5.51. The average Bonchev–Trinajstić information content (AvgIpc) is 2.37. The lowest BCUT2D eigenvalue weighted by atomic mass is 10.4. The molecule has 1 atom stereocenters. The van der Waals surface area contributed by atoms with E-state index in [2.05, 4.69) is 9.36 Å². The molecule has 1 rings (SSSR count). The largest absolute Gasteiger partial charge is 0.385 e. The first kappa shape index (κ1) is 6.60. The molecule has 0 radical (unpaired) electrons. The number of hydrogen-bond acceptors (Lipinski definition) is 5. The van der Waals surface area contributed by atoms with Crippen molar-refractivity contribution in [2.24, 2.45) is 5.73 Å². The molecule has 0 aliphatic heterocycles. The molecule has 1 aromatic rings. The topological polar surface area (TPSA) is 72.0 Å². The number of nitrogens with zero attached hydrogens (tertiary/aromatic N) is 2. The van der Waals surface area contributed by atoms with Crippen LogP contribution in [0.1, 0.15) is 11.1 Å². The summed E-state index contributed by atoms with van der Waals surface area (Å²) in [5.41, 5.74) is 5.15. The van der Waals surface area contributed by atoms with E-state index in [0.717, 1.165) is 11.5 Å². The van der Waals surface area contributed by atoms with E-state index in [1.54, 1.807) is 0 Å². The highest BCUT2D eigenvalue weighted by molar-refractivity contribution is 7.05. The van der Waals surface area contributed by atoms with Gasteiger partial charge in [-0.15, -0.1) is 0 Å². The van der Waals surface area contributed by atoms with Gasteiger partial charge < -0.3 is 10.8 Å². The van der Waals surface area contributed by atoms with Crippen LogP contribution in [0.5, 0.6) is 0 Å². The number of aromatic nitrogens is 2. The minimum absolute atomic E-state index is 0.204. The van der Waals surface area contributed by atoms with Gasteiger partial charge in [0.25, 0.3) is 0 Å². The summed E-state index contributed by atoms with van der Waals surface area (Å²) >= 11 is 1.16. The number of hydrogen-bond donors (Lipinski definition) is 2. The lowest BCUT2D eigenvalue weighted by Gasteiger charge is -1.98. The minimum atomic E-state index is -0.641. The van der Waals surface area contributed by atoms with Gasteiger partial charge >= 0.3 is 0 Å². The van der Waals surface area contributed by atoms with Crippen LogP contribution in [-0.2, 0) is 0 Å². The second-order valence-electron chi connectivity index (χ2n) is 1.53. The van der Waals surface area contributed by atoms with Crippen molar-refractivity contribution in [3.63, 3.8) is 0 Å². The molecule has 0 saturated carbocycles. The summed E-state index contributed by atoms with van der Waals surface area (Å²) in [7, 11) is 0. The maximum atomic E-state index is 9.00. The molecule has 9 heavy (non-hydrogen) atoms. The Morgan fingerprint density at radius 3 is 3.11 bits per heavy atom. The molecule has 3 N–H and O–H groups in total. The van der Waals surface area contributed by atoms with Crippen molar-refractivity contribution >= 4 is 11.5 Å². The van der Waals surface area contributed by atoms with E-state index in [9.17, 15) is 0 Å². The van der Waals surface area contributed by atoms with Gasteiger partial charge in [-0.1, -0.05) is 0 Å². The molecule has 0 aliphatic rings.